The number of aromatic nitrogens is 1. The van der Waals surface area contributed by atoms with Gasteiger partial charge in [-0.2, -0.15) is 0 Å². The molecule has 0 amide bonds. The van der Waals surface area contributed by atoms with Gasteiger partial charge in [-0.25, -0.2) is 4.39 Å². The molecule has 0 aliphatic carbocycles. The molecular weight excluding hydrogens is 239 g/mol. The van der Waals surface area contributed by atoms with Gasteiger partial charge in [0.2, 0.25) is 0 Å². The quantitative estimate of drug-likeness (QED) is 0.905. The van der Waals surface area contributed by atoms with Crippen LogP contribution in [-0.4, -0.2) is 12.0 Å². The van der Waals surface area contributed by atoms with Crippen LogP contribution >= 0.6 is 11.6 Å². The molecule has 0 saturated carbocycles. The molecule has 2 aromatic rings. The van der Waals surface area contributed by atoms with E-state index in [1.54, 1.807) is 12.3 Å². The van der Waals surface area contributed by atoms with Gasteiger partial charge in [-0.1, -0.05) is 23.7 Å². The third-order valence-electron chi connectivity index (χ3n) is 2.42. The summed E-state index contributed by atoms with van der Waals surface area (Å²) in [6, 6.07) is 8.52. The van der Waals surface area contributed by atoms with E-state index >= 15 is 0 Å². The maximum absolute atomic E-state index is 13.3. The Balaban J connectivity index is 2.30. The van der Waals surface area contributed by atoms with E-state index in [2.05, 4.69) is 10.3 Å². The van der Waals surface area contributed by atoms with Gasteiger partial charge in [-0.15, -0.1) is 0 Å². The summed E-state index contributed by atoms with van der Waals surface area (Å²) in [5.41, 5.74) is 2.55. The first kappa shape index (κ1) is 12.0. The van der Waals surface area contributed by atoms with Crippen LogP contribution in [0.25, 0.3) is 11.3 Å². The summed E-state index contributed by atoms with van der Waals surface area (Å²) in [5, 5.41) is 3.17. The number of pyridine rings is 1. The SMILES string of the molecule is CNCc1ccc(-c2ccc(Cl)c(F)c2)nc1. The summed E-state index contributed by atoms with van der Waals surface area (Å²) >= 11 is 5.63. The van der Waals surface area contributed by atoms with E-state index in [1.807, 2.05) is 19.2 Å². The van der Waals surface area contributed by atoms with Crippen molar-refractivity contribution in [3.05, 3.63) is 52.9 Å². The molecule has 1 N–H and O–H groups in total. The molecule has 0 bridgehead atoms. The highest BCUT2D eigenvalue weighted by Gasteiger charge is 2.04. The van der Waals surface area contributed by atoms with Gasteiger partial charge in [0.05, 0.1) is 10.7 Å². The molecule has 0 spiro atoms. The highest BCUT2D eigenvalue weighted by Crippen LogP contribution is 2.22. The fourth-order valence-corrected chi connectivity index (χ4v) is 1.68. The van der Waals surface area contributed by atoms with Crippen molar-refractivity contribution in [1.29, 1.82) is 0 Å². The summed E-state index contributed by atoms with van der Waals surface area (Å²) in [5.74, 6) is -0.426. The van der Waals surface area contributed by atoms with Gasteiger partial charge in [0, 0.05) is 18.3 Å². The van der Waals surface area contributed by atoms with E-state index in [1.165, 1.54) is 12.1 Å². The van der Waals surface area contributed by atoms with Gasteiger partial charge < -0.3 is 5.32 Å². The van der Waals surface area contributed by atoms with Gasteiger partial charge >= 0.3 is 0 Å². The smallest absolute Gasteiger partial charge is 0.142 e. The molecule has 0 aliphatic rings. The molecule has 1 aromatic carbocycles. The third kappa shape index (κ3) is 2.81. The summed E-state index contributed by atoms with van der Waals surface area (Å²) < 4.78 is 13.3. The molecule has 88 valence electrons. The van der Waals surface area contributed by atoms with Crippen molar-refractivity contribution in [2.45, 2.75) is 6.54 Å². The molecule has 2 rings (SSSR count). The zero-order chi connectivity index (χ0) is 12.3. The number of nitrogens with zero attached hydrogens (tertiary/aromatic N) is 1. The second kappa shape index (κ2) is 5.25. The van der Waals surface area contributed by atoms with Crippen LogP contribution in [-0.2, 0) is 6.54 Å². The van der Waals surface area contributed by atoms with Crippen molar-refractivity contribution in [1.82, 2.24) is 10.3 Å². The monoisotopic (exact) mass is 250 g/mol. The number of hydrogen-bond donors (Lipinski definition) is 1. The molecule has 0 radical (unpaired) electrons. The number of nitrogens with one attached hydrogen (secondary N) is 1. The molecule has 17 heavy (non-hydrogen) atoms. The van der Waals surface area contributed by atoms with Crippen LogP contribution in [0.3, 0.4) is 0 Å². The molecule has 1 aromatic heterocycles. The molecule has 0 saturated heterocycles. The first-order valence-corrected chi connectivity index (χ1v) is 5.63. The lowest BCUT2D eigenvalue weighted by atomic mass is 10.1. The Morgan fingerprint density at radius 2 is 2.12 bits per heavy atom. The maximum atomic E-state index is 13.3. The van der Waals surface area contributed by atoms with E-state index in [9.17, 15) is 4.39 Å². The molecule has 2 nitrogen and oxygen atoms in total. The molecule has 0 fully saturated rings. The van der Waals surface area contributed by atoms with E-state index in [-0.39, 0.29) is 5.02 Å². The highest BCUT2D eigenvalue weighted by atomic mass is 35.5. The van der Waals surface area contributed by atoms with Gasteiger partial charge in [0.25, 0.3) is 0 Å². The van der Waals surface area contributed by atoms with Crippen molar-refractivity contribution in [2.24, 2.45) is 0 Å². The minimum Gasteiger partial charge on any atom is -0.316 e. The Morgan fingerprint density at radius 3 is 2.71 bits per heavy atom. The highest BCUT2D eigenvalue weighted by molar-refractivity contribution is 6.30. The van der Waals surface area contributed by atoms with Crippen molar-refractivity contribution in [2.75, 3.05) is 7.05 Å². The average Bonchev–Trinajstić information content (AvgIpc) is 2.34. The van der Waals surface area contributed by atoms with Crippen molar-refractivity contribution >= 4 is 11.6 Å². The van der Waals surface area contributed by atoms with Gasteiger partial charge in [-0.3, -0.25) is 4.98 Å². The fraction of sp³-hybridized carbons (Fsp3) is 0.154. The number of benzene rings is 1. The summed E-state index contributed by atoms with van der Waals surface area (Å²) in [6.45, 7) is 0.766. The Bertz CT molecular complexity index is 511. The molecule has 0 atom stereocenters. The minimum absolute atomic E-state index is 0.126. The fourth-order valence-electron chi connectivity index (χ4n) is 1.56. The number of halogens is 2. The first-order chi connectivity index (χ1) is 8.20. The second-order valence-corrected chi connectivity index (χ2v) is 4.12. The Morgan fingerprint density at radius 1 is 1.29 bits per heavy atom. The Kier molecular flexibility index (Phi) is 3.71. The molecule has 0 unspecified atom stereocenters. The normalized spacial score (nSPS) is 10.5. The van der Waals surface area contributed by atoms with Crippen LogP contribution in [0.15, 0.2) is 36.5 Å². The van der Waals surface area contributed by atoms with Crippen LogP contribution < -0.4 is 5.32 Å². The van der Waals surface area contributed by atoms with Crippen LogP contribution in [0.5, 0.6) is 0 Å². The van der Waals surface area contributed by atoms with E-state index in [0.29, 0.717) is 0 Å². The molecule has 0 aliphatic heterocycles. The largest absolute Gasteiger partial charge is 0.316 e. The van der Waals surface area contributed by atoms with Gasteiger partial charge in [0.1, 0.15) is 5.82 Å². The number of rotatable bonds is 3. The first-order valence-electron chi connectivity index (χ1n) is 5.25. The lowest BCUT2D eigenvalue weighted by Crippen LogP contribution is -2.05. The predicted molar refractivity (Wildman–Crippen MR) is 67.4 cm³/mol. The molecule has 1 heterocycles. The lowest BCUT2D eigenvalue weighted by Gasteiger charge is -2.04. The molecular formula is C13H12ClFN2. The van der Waals surface area contributed by atoms with Crippen LogP contribution in [0.2, 0.25) is 5.02 Å². The topological polar surface area (TPSA) is 24.9 Å². The van der Waals surface area contributed by atoms with Gasteiger partial charge in [0.15, 0.2) is 0 Å². The summed E-state index contributed by atoms with van der Waals surface area (Å²) in [6.07, 6.45) is 1.78. The van der Waals surface area contributed by atoms with E-state index in [0.717, 1.165) is 23.4 Å². The van der Waals surface area contributed by atoms with E-state index in [4.69, 9.17) is 11.6 Å². The minimum atomic E-state index is -0.426. The van der Waals surface area contributed by atoms with Gasteiger partial charge in [-0.05, 0) is 30.8 Å². The zero-order valence-corrected chi connectivity index (χ0v) is 10.1. The predicted octanol–water partition coefficient (Wildman–Crippen LogP) is 3.26. The summed E-state index contributed by atoms with van der Waals surface area (Å²) in [7, 11) is 1.88. The van der Waals surface area contributed by atoms with Crippen molar-refractivity contribution in [3.8, 4) is 11.3 Å². The summed E-state index contributed by atoms with van der Waals surface area (Å²) in [4.78, 5) is 4.29. The Labute approximate surface area is 104 Å². The second-order valence-electron chi connectivity index (χ2n) is 3.71. The van der Waals surface area contributed by atoms with Crippen molar-refractivity contribution in [3.63, 3.8) is 0 Å². The van der Waals surface area contributed by atoms with Crippen LogP contribution in [0.4, 0.5) is 4.39 Å². The van der Waals surface area contributed by atoms with Crippen LogP contribution in [0.1, 0.15) is 5.56 Å². The standard InChI is InChI=1S/C13H12ClFN2/c1-16-7-9-2-5-13(17-8-9)10-3-4-11(14)12(15)6-10/h2-6,8,16H,7H2,1H3. The maximum Gasteiger partial charge on any atom is 0.142 e. The molecule has 4 heteroatoms. The third-order valence-corrected chi connectivity index (χ3v) is 2.73. The lowest BCUT2D eigenvalue weighted by molar-refractivity contribution is 0.628. The Hall–Kier alpha value is -1.45. The zero-order valence-electron chi connectivity index (χ0n) is 9.37. The van der Waals surface area contributed by atoms with Crippen molar-refractivity contribution < 1.29 is 4.39 Å². The number of hydrogen-bond acceptors (Lipinski definition) is 2. The average molecular weight is 251 g/mol. The van der Waals surface area contributed by atoms with Crippen LogP contribution in [0, 0.1) is 5.82 Å². The van der Waals surface area contributed by atoms with E-state index < -0.39 is 5.82 Å².